The summed E-state index contributed by atoms with van der Waals surface area (Å²) in [6.45, 7) is 3.07. The van der Waals surface area contributed by atoms with Crippen LogP contribution in [0.15, 0.2) is 29.3 Å². The number of benzene rings is 1. The zero-order chi connectivity index (χ0) is 17.6. The molecule has 0 saturated carbocycles. The third-order valence-electron chi connectivity index (χ3n) is 4.49. The van der Waals surface area contributed by atoms with Crippen LogP contribution in [-0.4, -0.2) is 55.1 Å². The van der Waals surface area contributed by atoms with Gasteiger partial charge in [-0.05, 0) is 50.5 Å². The lowest BCUT2D eigenvalue weighted by atomic mass is 9.96. The highest BCUT2D eigenvalue weighted by molar-refractivity contribution is 14.0. The molecular formula is C18H27FIN3O3. The van der Waals surface area contributed by atoms with E-state index in [1.165, 1.54) is 24.3 Å². The monoisotopic (exact) mass is 479 g/mol. The van der Waals surface area contributed by atoms with Gasteiger partial charge in [-0.1, -0.05) is 0 Å². The molecule has 8 heteroatoms. The Morgan fingerprint density at radius 2 is 2.15 bits per heavy atom. The molecule has 2 saturated heterocycles. The van der Waals surface area contributed by atoms with E-state index in [1.54, 1.807) is 0 Å². The van der Waals surface area contributed by atoms with Crippen LogP contribution in [0.1, 0.15) is 26.2 Å². The molecule has 0 aliphatic carbocycles. The standard InChI is InChI=1S/C18H26FN3O3.HI/c1-2-20-18(22-16-9-15-7-8-17(16)25-15)21-10-13(23)11-24-14-5-3-12(19)4-6-14;/h3-6,13,15-17,23H,2,7-11H2,1H3,(H2,20,21,22);1H. The maximum absolute atomic E-state index is 12.8. The Morgan fingerprint density at radius 1 is 1.38 bits per heavy atom. The lowest BCUT2D eigenvalue weighted by Gasteiger charge is -2.23. The SMILES string of the molecule is CCNC(=NCC(O)COc1ccc(F)cc1)NC1CC2CCC1O2.I. The first kappa shape index (κ1) is 21.2. The van der Waals surface area contributed by atoms with E-state index in [-0.39, 0.29) is 55.1 Å². The minimum absolute atomic E-state index is 0. The maximum atomic E-state index is 12.8. The molecule has 1 aromatic carbocycles. The number of nitrogens with one attached hydrogen (secondary N) is 2. The van der Waals surface area contributed by atoms with Crippen molar-refractivity contribution in [2.75, 3.05) is 19.7 Å². The van der Waals surface area contributed by atoms with Gasteiger partial charge >= 0.3 is 0 Å². The highest BCUT2D eigenvalue weighted by Crippen LogP contribution is 2.34. The quantitative estimate of drug-likeness (QED) is 0.317. The number of aliphatic hydroxyl groups is 1. The first-order valence-electron chi connectivity index (χ1n) is 8.90. The molecule has 0 aromatic heterocycles. The third-order valence-corrected chi connectivity index (χ3v) is 4.49. The first-order valence-corrected chi connectivity index (χ1v) is 8.90. The molecule has 4 atom stereocenters. The maximum Gasteiger partial charge on any atom is 0.191 e. The van der Waals surface area contributed by atoms with Crippen molar-refractivity contribution in [3.63, 3.8) is 0 Å². The van der Waals surface area contributed by atoms with Crippen LogP contribution >= 0.6 is 24.0 Å². The van der Waals surface area contributed by atoms with Crippen molar-refractivity contribution in [2.24, 2.45) is 4.99 Å². The van der Waals surface area contributed by atoms with Crippen LogP contribution in [0.5, 0.6) is 5.75 Å². The van der Waals surface area contributed by atoms with Crippen LogP contribution in [0.3, 0.4) is 0 Å². The summed E-state index contributed by atoms with van der Waals surface area (Å²) in [5.41, 5.74) is 0. The number of fused-ring (bicyclic) bond motifs is 2. The van der Waals surface area contributed by atoms with E-state index in [4.69, 9.17) is 9.47 Å². The van der Waals surface area contributed by atoms with Crippen LogP contribution in [0.4, 0.5) is 4.39 Å². The minimum Gasteiger partial charge on any atom is -0.491 e. The summed E-state index contributed by atoms with van der Waals surface area (Å²) in [7, 11) is 0. The topological polar surface area (TPSA) is 75.1 Å². The first-order chi connectivity index (χ1) is 12.1. The second kappa shape index (κ2) is 10.3. The number of halogens is 2. The fraction of sp³-hybridized carbons (Fsp3) is 0.611. The fourth-order valence-electron chi connectivity index (χ4n) is 3.26. The largest absolute Gasteiger partial charge is 0.491 e. The van der Waals surface area contributed by atoms with Crippen molar-refractivity contribution < 1.29 is 19.0 Å². The smallest absolute Gasteiger partial charge is 0.191 e. The molecule has 2 fully saturated rings. The van der Waals surface area contributed by atoms with Crippen molar-refractivity contribution in [3.8, 4) is 5.75 Å². The minimum atomic E-state index is -0.739. The van der Waals surface area contributed by atoms with Crippen LogP contribution in [0.25, 0.3) is 0 Å². The Labute approximate surface area is 170 Å². The van der Waals surface area contributed by atoms with Gasteiger partial charge in [0.15, 0.2) is 5.96 Å². The Hall–Kier alpha value is -1.13. The summed E-state index contributed by atoms with van der Waals surface area (Å²) in [4.78, 5) is 4.44. The van der Waals surface area contributed by atoms with E-state index in [9.17, 15) is 9.50 Å². The second-order valence-electron chi connectivity index (χ2n) is 6.50. The lowest BCUT2D eigenvalue weighted by molar-refractivity contribution is 0.0991. The Bertz CT molecular complexity index is 588. The van der Waals surface area contributed by atoms with Crippen molar-refractivity contribution in [1.82, 2.24) is 10.6 Å². The highest BCUT2D eigenvalue weighted by atomic mass is 127. The predicted octanol–water partition coefficient (Wildman–Crippen LogP) is 2.06. The van der Waals surface area contributed by atoms with Gasteiger partial charge in [-0.15, -0.1) is 24.0 Å². The number of rotatable bonds is 7. The van der Waals surface area contributed by atoms with Crippen LogP contribution < -0.4 is 15.4 Å². The summed E-state index contributed by atoms with van der Waals surface area (Å²) < 4.78 is 24.1. The molecule has 1 aromatic rings. The molecule has 3 rings (SSSR count). The van der Waals surface area contributed by atoms with Gasteiger partial charge in [0.1, 0.15) is 24.3 Å². The van der Waals surface area contributed by atoms with Crippen molar-refractivity contribution in [3.05, 3.63) is 30.1 Å². The Morgan fingerprint density at radius 3 is 2.77 bits per heavy atom. The molecular weight excluding hydrogens is 452 g/mol. The summed E-state index contributed by atoms with van der Waals surface area (Å²) in [6, 6.07) is 6.00. The van der Waals surface area contributed by atoms with E-state index < -0.39 is 6.10 Å². The van der Waals surface area contributed by atoms with Gasteiger partial charge in [0.05, 0.1) is 24.8 Å². The van der Waals surface area contributed by atoms with E-state index >= 15 is 0 Å². The van der Waals surface area contributed by atoms with Gasteiger partial charge in [-0.2, -0.15) is 0 Å². The Balaban J connectivity index is 0.00000243. The van der Waals surface area contributed by atoms with Crippen LogP contribution in [0.2, 0.25) is 0 Å². The number of aliphatic hydroxyl groups excluding tert-OH is 1. The van der Waals surface area contributed by atoms with Crippen molar-refractivity contribution in [1.29, 1.82) is 0 Å². The molecule has 0 amide bonds. The van der Waals surface area contributed by atoms with E-state index in [1.807, 2.05) is 6.92 Å². The summed E-state index contributed by atoms with van der Waals surface area (Å²) in [5.74, 6) is 0.890. The fourth-order valence-corrected chi connectivity index (χ4v) is 3.26. The molecule has 4 unspecified atom stereocenters. The van der Waals surface area contributed by atoms with E-state index in [0.29, 0.717) is 17.8 Å². The zero-order valence-electron chi connectivity index (χ0n) is 14.9. The molecule has 2 heterocycles. The summed E-state index contributed by atoms with van der Waals surface area (Å²) >= 11 is 0. The van der Waals surface area contributed by atoms with E-state index in [0.717, 1.165) is 25.8 Å². The van der Waals surface area contributed by atoms with Crippen LogP contribution in [-0.2, 0) is 4.74 Å². The van der Waals surface area contributed by atoms with Crippen LogP contribution in [0, 0.1) is 5.82 Å². The molecule has 0 radical (unpaired) electrons. The average Bonchev–Trinajstić information content (AvgIpc) is 3.22. The molecule has 26 heavy (non-hydrogen) atoms. The second-order valence-corrected chi connectivity index (χ2v) is 6.50. The normalized spacial score (nSPS) is 25.5. The molecule has 6 nitrogen and oxygen atoms in total. The number of guanidine groups is 1. The lowest BCUT2D eigenvalue weighted by Crippen LogP contribution is -2.47. The summed E-state index contributed by atoms with van der Waals surface area (Å²) in [5, 5.41) is 16.7. The highest BCUT2D eigenvalue weighted by Gasteiger charge is 2.41. The van der Waals surface area contributed by atoms with Crippen molar-refractivity contribution >= 4 is 29.9 Å². The molecule has 2 bridgehead atoms. The molecule has 2 aliphatic heterocycles. The average molecular weight is 479 g/mol. The van der Waals surface area contributed by atoms with Gasteiger partial charge in [0.25, 0.3) is 0 Å². The predicted molar refractivity (Wildman–Crippen MR) is 109 cm³/mol. The van der Waals surface area contributed by atoms with Crippen molar-refractivity contribution in [2.45, 2.75) is 50.5 Å². The Kier molecular flexibility index (Phi) is 8.36. The molecule has 0 spiro atoms. The number of nitrogens with zero attached hydrogens (tertiary/aromatic N) is 1. The number of hydrogen-bond acceptors (Lipinski definition) is 4. The molecule has 2 aliphatic rings. The van der Waals surface area contributed by atoms with Gasteiger partial charge in [0, 0.05) is 6.54 Å². The number of ether oxygens (including phenoxy) is 2. The number of aliphatic imine (C=N–C) groups is 1. The van der Waals surface area contributed by atoms with Gasteiger partial charge in [-0.3, -0.25) is 4.99 Å². The molecule has 146 valence electrons. The van der Waals surface area contributed by atoms with Gasteiger partial charge in [-0.25, -0.2) is 4.39 Å². The zero-order valence-corrected chi connectivity index (χ0v) is 17.2. The third kappa shape index (κ3) is 5.95. The van der Waals surface area contributed by atoms with E-state index in [2.05, 4.69) is 15.6 Å². The van der Waals surface area contributed by atoms with Gasteiger partial charge in [0.2, 0.25) is 0 Å². The summed E-state index contributed by atoms with van der Waals surface area (Å²) in [6.07, 6.45) is 3.15. The van der Waals surface area contributed by atoms with Gasteiger partial charge < -0.3 is 25.2 Å². The number of hydrogen-bond donors (Lipinski definition) is 3. The molecule has 3 N–H and O–H groups in total.